The minimum absolute atomic E-state index is 0.159. The normalized spacial score (nSPS) is 11.3. The van der Waals surface area contributed by atoms with Crippen LogP contribution in [0, 0.1) is 0 Å². The quantitative estimate of drug-likeness (QED) is 0.680. The van der Waals surface area contributed by atoms with Gasteiger partial charge in [0.25, 0.3) is 5.91 Å². The van der Waals surface area contributed by atoms with Crippen molar-refractivity contribution >= 4 is 17.2 Å². The molecular weight excluding hydrogens is 358 g/mol. The summed E-state index contributed by atoms with van der Waals surface area (Å²) in [6.07, 6.45) is 3.64. The lowest BCUT2D eigenvalue weighted by atomic mass is 10.1. The highest BCUT2D eigenvalue weighted by Crippen LogP contribution is 2.23. The Hall–Kier alpha value is -2.51. The Morgan fingerprint density at radius 1 is 1.30 bits per heavy atom. The molecule has 0 atom stereocenters. The van der Waals surface area contributed by atoms with Gasteiger partial charge < -0.3 is 5.32 Å². The predicted molar refractivity (Wildman–Crippen MR) is 109 cm³/mol. The van der Waals surface area contributed by atoms with E-state index in [-0.39, 0.29) is 5.91 Å². The van der Waals surface area contributed by atoms with Gasteiger partial charge in [-0.15, -0.1) is 11.3 Å². The molecule has 0 bridgehead atoms. The molecule has 2 heterocycles. The summed E-state index contributed by atoms with van der Waals surface area (Å²) in [5.41, 5.74) is 3.71. The molecule has 3 rings (SSSR count). The maximum atomic E-state index is 12.5. The Labute approximate surface area is 163 Å². The Bertz CT molecular complexity index is 915. The van der Waals surface area contributed by atoms with Crippen molar-refractivity contribution in [3.8, 4) is 10.6 Å². The highest BCUT2D eigenvalue weighted by molar-refractivity contribution is 7.13. The summed E-state index contributed by atoms with van der Waals surface area (Å²) >= 11 is 1.45. The first-order valence-electron chi connectivity index (χ1n) is 8.94. The smallest absolute Gasteiger partial charge is 0.271 e. The van der Waals surface area contributed by atoms with E-state index in [1.54, 1.807) is 16.3 Å². The summed E-state index contributed by atoms with van der Waals surface area (Å²) in [6, 6.07) is 8.68. The number of aromatic nitrogens is 3. The van der Waals surface area contributed by atoms with Crippen molar-refractivity contribution in [2.24, 2.45) is 7.05 Å². The maximum absolute atomic E-state index is 12.5. The lowest BCUT2D eigenvalue weighted by Crippen LogP contribution is -2.27. The van der Waals surface area contributed by atoms with Gasteiger partial charge in [0.2, 0.25) is 0 Å². The fourth-order valence-electron chi connectivity index (χ4n) is 2.64. The number of nitrogens with zero attached hydrogens (tertiary/aromatic N) is 4. The van der Waals surface area contributed by atoms with Gasteiger partial charge in [0.1, 0.15) is 10.7 Å². The van der Waals surface area contributed by atoms with E-state index >= 15 is 0 Å². The van der Waals surface area contributed by atoms with Crippen LogP contribution in [-0.4, -0.2) is 38.7 Å². The van der Waals surface area contributed by atoms with Gasteiger partial charge in [0.05, 0.1) is 6.20 Å². The van der Waals surface area contributed by atoms with Gasteiger partial charge in [-0.25, -0.2) is 4.98 Å². The van der Waals surface area contributed by atoms with Crippen molar-refractivity contribution in [2.75, 3.05) is 7.05 Å². The molecule has 1 N–H and O–H groups in total. The van der Waals surface area contributed by atoms with E-state index in [0.717, 1.165) is 22.7 Å². The minimum atomic E-state index is -0.159. The van der Waals surface area contributed by atoms with Crippen LogP contribution in [0.1, 0.15) is 35.5 Å². The molecule has 7 heteroatoms. The summed E-state index contributed by atoms with van der Waals surface area (Å²) in [4.78, 5) is 19.2. The third-order valence-corrected chi connectivity index (χ3v) is 5.44. The Balaban J connectivity index is 1.65. The van der Waals surface area contributed by atoms with E-state index < -0.39 is 0 Å². The second-order valence-electron chi connectivity index (χ2n) is 6.90. The molecule has 0 radical (unpaired) electrons. The zero-order chi connectivity index (χ0) is 19.4. The standard InChI is InChI=1S/C20H25N5OS/c1-14(2)24(3)11-16-8-6-5-7-15(16)9-21-19(26)18-13-27-20(23-18)17-10-22-25(4)12-17/h5-8,10,12-14H,9,11H2,1-4H3,(H,21,26). The summed E-state index contributed by atoms with van der Waals surface area (Å²) in [7, 11) is 3.97. The molecule has 1 amide bonds. The molecule has 2 aromatic heterocycles. The van der Waals surface area contributed by atoms with Crippen LogP contribution in [0.4, 0.5) is 0 Å². The van der Waals surface area contributed by atoms with E-state index in [2.05, 4.69) is 53.3 Å². The molecule has 27 heavy (non-hydrogen) atoms. The van der Waals surface area contributed by atoms with Crippen molar-refractivity contribution in [1.82, 2.24) is 25.0 Å². The van der Waals surface area contributed by atoms with Gasteiger partial charge >= 0.3 is 0 Å². The number of carbonyl (C=O) groups excluding carboxylic acids is 1. The Kier molecular flexibility index (Phi) is 6.03. The average Bonchev–Trinajstić information content (AvgIpc) is 3.29. The second-order valence-corrected chi connectivity index (χ2v) is 7.76. The monoisotopic (exact) mass is 383 g/mol. The average molecular weight is 384 g/mol. The molecule has 0 fully saturated rings. The molecule has 0 spiro atoms. The van der Waals surface area contributed by atoms with Gasteiger partial charge in [0, 0.05) is 43.3 Å². The van der Waals surface area contributed by atoms with E-state index in [1.165, 1.54) is 16.9 Å². The first-order chi connectivity index (χ1) is 12.9. The van der Waals surface area contributed by atoms with Crippen LogP contribution in [0.25, 0.3) is 10.6 Å². The number of amides is 1. The van der Waals surface area contributed by atoms with Crippen LogP contribution in [0.2, 0.25) is 0 Å². The van der Waals surface area contributed by atoms with Gasteiger partial charge in [-0.1, -0.05) is 24.3 Å². The minimum Gasteiger partial charge on any atom is -0.347 e. The second kappa shape index (κ2) is 8.45. The number of benzene rings is 1. The molecule has 0 aliphatic rings. The number of hydrogen-bond acceptors (Lipinski definition) is 5. The topological polar surface area (TPSA) is 63.1 Å². The van der Waals surface area contributed by atoms with E-state index in [1.807, 2.05) is 25.4 Å². The molecule has 6 nitrogen and oxygen atoms in total. The number of aryl methyl sites for hydroxylation is 1. The predicted octanol–water partition coefficient (Wildman–Crippen LogP) is 3.31. The highest BCUT2D eigenvalue weighted by atomic mass is 32.1. The van der Waals surface area contributed by atoms with Crippen molar-refractivity contribution in [3.63, 3.8) is 0 Å². The van der Waals surface area contributed by atoms with Crippen molar-refractivity contribution in [1.29, 1.82) is 0 Å². The largest absolute Gasteiger partial charge is 0.347 e. The first kappa shape index (κ1) is 19.3. The summed E-state index contributed by atoms with van der Waals surface area (Å²) in [5, 5.41) is 9.73. The molecule has 0 unspecified atom stereocenters. The maximum Gasteiger partial charge on any atom is 0.271 e. The summed E-state index contributed by atoms with van der Waals surface area (Å²) in [5.74, 6) is -0.159. The molecule has 1 aromatic carbocycles. The molecule has 142 valence electrons. The zero-order valence-corrected chi connectivity index (χ0v) is 17.0. The molecule has 0 aliphatic heterocycles. The first-order valence-corrected chi connectivity index (χ1v) is 9.81. The van der Waals surface area contributed by atoms with Crippen LogP contribution in [-0.2, 0) is 20.1 Å². The molecule has 0 saturated carbocycles. The highest BCUT2D eigenvalue weighted by Gasteiger charge is 2.14. The third kappa shape index (κ3) is 4.81. The van der Waals surface area contributed by atoms with Crippen LogP contribution >= 0.6 is 11.3 Å². The summed E-state index contributed by atoms with van der Waals surface area (Å²) in [6.45, 7) is 5.69. The van der Waals surface area contributed by atoms with Crippen molar-refractivity contribution < 1.29 is 4.79 Å². The molecule has 3 aromatic rings. The molecule has 0 aliphatic carbocycles. The van der Waals surface area contributed by atoms with Crippen molar-refractivity contribution in [3.05, 3.63) is 58.9 Å². The number of hydrogen-bond donors (Lipinski definition) is 1. The number of nitrogens with one attached hydrogen (secondary N) is 1. The van der Waals surface area contributed by atoms with Gasteiger partial charge in [0.15, 0.2) is 0 Å². The molecular formula is C20H25N5OS. The van der Waals surface area contributed by atoms with Gasteiger partial charge in [-0.3, -0.25) is 14.4 Å². The number of carbonyl (C=O) groups is 1. The zero-order valence-electron chi connectivity index (χ0n) is 16.1. The Morgan fingerprint density at radius 2 is 2.04 bits per heavy atom. The summed E-state index contributed by atoms with van der Waals surface area (Å²) < 4.78 is 1.72. The van der Waals surface area contributed by atoms with E-state index in [4.69, 9.17) is 0 Å². The number of rotatable bonds is 7. The third-order valence-electron chi connectivity index (χ3n) is 4.55. The fraction of sp³-hybridized carbons (Fsp3) is 0.350. The van der Waals surface area contributed by atoms with Crippen molar-refractivity contribution in [2.45, 2.75) is 33.0 Å². The van der Waals surface area contributed by atoms with E-state index in [9.17, 15) is 4.79 Å². The van der Waals surface area contributed by atoms with Crippen LogP contribution < -0.4 is 5.32 Å². The van der Waals surface area contributed by atoms with Gasteiger partial charge in [-0.2, -0.15) is 5.10 Å². The van der Waals surface area contributed by atoms with E-state index in [0.29, 0.717) is 18.3 Å². The fourth-order valence-corrected chi connectivity index (χ4v) is 3.42. The SMILES string of the molecule is CC(C)N(C)Cc1ccccc1CNC(=O)c1csc(-c2cnn(C)c2)n1. The van der Waals surface area contributed by atoms with Gasteiger partial charge in [-0.05, 0) is 32.0 Å². The number of thiazole rings is 1. The van der Waals surface area contributed by atoms with Crippen LogP contribution in [0.15, 0.2) is 42.0 Å². The van der Waals surface area contributed by atoms with Crippen LogP contribution in [0.3, 0.4) is 0 Å². The lowest BCUT2D eigenvalue weighted by molar-refractivity contribution is 0.0946. The lowest BCUT2D eigenvalue weighted by Gasteiger charge is -2.22. The van der Waals surface area contributed by atoms with Crippen LogP contribution in [0.5, 0.6) is 0 Å². The molecule has 0 saturated heterocycles. The Morgan fingerprint density at radius 3 is 2.70 bits per heavy atom.